The number of pyridine rings is 2. The molecule has 3 aromatic rings. The van der Waals surface area contributed by atoms with Gasteiger partial charge in [0, 0.05) is 43.5 Å². The first-order valence-corrected chi connectivity index (χ1v) is 12.6. The zero-order chi connectivity index (χ0) is 27.5. The molecule has 1 fully saturated rings. The van der Waals surface area contributed by atoms with Crippen LogP contribution in [-0.4, -0.2) is 71.2 Å². The number of amides is 3. The highest BCUT2D eigenvalue weighted by Gasteiger charge is 2.28. The van der Waals surface area contributed by atoms with Gasteiger partial charge in [-0.1, -0.05) is 0 Å². The summed E-state index contributed by atoms with van der Waals surface area (Å²) in [6.07, 6.45) is 3.48. The third kappa shape index (κ3) is 5.80. The Hall–Kier alpha value is -4.58. The zero-order valence-corrected chi connectivity index (χ0v) is 21.5. The second kappa shape index (κ2) is 11.0. The summed E-state index contributed by atoms with van der Waals surface area (Å²) in [5.74, 6) is 0.314. The molecule has 1 saturated heterocycles. The molecule has 2 aliphatic rings. The second-order valence-corrected chi connectivity index (χ2v) is 9.66. The fraction of sp³-hybridized carbons (Fsp3) is 0.296. The molecule has 0 saturated carbocycles. The summed E-state index contributed by atoms with van der Waals surface area (Å²) in [7, 11) is 1.90. The van der Waals surface area contributed by atoms with Crippen molar-refractivity contribution in [2.45, 2.75) is 19.4 Å². The van der Waals surface area contributed by atoms with E-state index in [0.29, 0.717) is 73.8 Å². The monoisotopic (exact) mass is 532 g/mol. The Labute approximate surface area is 224 Å². The lowest BCUT2D eigenvalue weighted by Crippen LogP contribution is -2.48. The first kappa shape index (κ1) is 26.0. The molecule has 202 valence electrons. The van der Waals surface area contributed by atoms with Crippen molar-refractivity contribution in [3.05, 3.63) is 65.2 Å². The summed E-state index contributed by atoms with van der Waals surface area (Å²) in [6, 6.07) is 8.80. The van der Waals surface area contributed by atoms with Gasteiger partial charge >= 0.3 is 6.03 Å². The first-order valence-electron chi connectivity index (χ1n) is 12.6. The number of carbonyl (C=O) groups excluding carboxylic acids is 3. The summed E-state index contributed by atoms with van der Waals surface area (Å²) in [6.45, 7) is 2.38. The number of aryl methyl sites for hydroxylation is 1. The van der Waals surface area contributed by atoms with Crippen molar-refractivity contribution < 1.29 is 18.8 Å². The number of urea groups is 1. The van der Waals surface area contributed by atoms with Crippen molar-refractivity contribution in [2.24, 2.45) is 0 Å². The van der Waals surface area contributed by atoms with E-state index < -0.39 is 6.03 Å². The van der Waals surface area contributed by atoms with Gasteiger partial charge in [-0.15, -0.1) is 0 Å². The van der Waals surface area contributed by atoms with Crippen LogP contribution in [0.25, 0.3) is 0 Å². The van der Waals surface area contributed by atoms with Gasteiger partial charge in [0.15, 0.2) is 6.29 Å². The first-order chi connectivity index (χ1) is 18.8. The SMILES string of the molecule is CN1CCN(Cc2cc3c(nc2C=O)N(C(=O)Nc2cc(Nc4ccc(F)cc4)c(N)cn2)CCC3)C(=O)C1. The molecule has 4 N–H and O–H groups in total. The van der Waals surface area contributed by atoms with Crippen molar-refractivity contribution in [1.29, 1.82) is 0 Å². The van der Waals surface area contributed by atoms with E-state index in [1.807, 2.05) is 18.0 Å². The maximum absolute atomic E-state index is 13.3. The van der Waals surface area contributed by atoms with Gasteiger partial charge in [0.2, 0.25) is 5.91 Å². The van der Waals surface area contributed by atoms with Crippen LogP contribution < -0.4 is 21.3 Å². The average molecular weight is 533 g/mol. The fourth-order valence-corrected chi connectivity index (χ4v) is 4.69. The number of carbonyl (C=O) groups is 3. The molecule has 3 amide bonds. The zero-order valence-electron chi connectivity index (χ0n) is 21.5. The van der Waals surface area contributed by atoms with Crippen LogP contribution in [-0.2, 0) is 17.8 Å². The molecule has 0 spiro atoms. The standard InChI is InChI=1S/C27H29FN8O3/c1-34-9-10-35(25(38)15-34)14-18-11-17-3-2-8-36(26(17)32-23(18)16-37)27(39)33-24-12-22(21(29)13-30-24)31-20-6-4-19(28)5-7-20/h4-7,11-13,16H,2-3,8-10,14-15,29H2,1H3,(H2,30,31,33,39). The van der Waals surface area contributed by atoms with E-state index in [1.54, 1.807) is 23.1 Å². The lowest BCUT2D eigenvalue weighted by Gasteiger charge is -2.33. The molecule has 1 aromatic carbocycles. The second-order valence-electron chi connectivity index (χ2n) is 9.66. The number of benzene rings is 1. The van der Waals surface area contributed by atoms with Gasteiger partial charge in [-0.2, -0.15) is 0 Å². The van der Waals surface area contributed by atoms with Crippen LogP contribution in [0.4, 0.5) is 37.9 Å². The maximum Gasteiger partial charge on any atom is 0.328 e. The number of nitrogens with two attached hydrogens (primary N) is 1. The number of rotatable bonds is 6. The van der Waals surface area contributed by atoms with Crippen LogP contribution in [0, 0.1) is 5.82 Å². The number of nitrogens with one attached hydrogen (secondary N) is 2. The molecule has 0 bridgehead atoms. The van der Waals surface area contributed by atoms with Crippen molar-refractivity contribution in [2.75, 3.05) is 54.5 Å². The number of nitrogens with zero attached hydrogens (tertiary/aromatic N) is 5. The van der Waals surface area contributed by atoms with E-state index in [4.69, 9.17) is 5.73 Å². The average Bonchev–Trinajstić information content (AvgIpc) is 2.92. The summed E-state index contributed by atoms with van der Waals surface area (Å²) in [4.78, 5) is 51.6. The summed E-state index contributed by atoms with van der Waals surface area (Å²) >= 11 is 0. The quantitative estimate of drug-likeness (QED) is 0.412. The van der Waals surface area contributed by atoms with Crippen molar-refractivity contribution in [3.63, 3.8) is 0 Å². The maximum atomic E-state index is 13.3. The van der Waals surface area contributed by atoms with Gasteiger partial charge in [-0.05, 0) is 55.8 Å². The van der Waals surface area contributed by atoms with Gasteiger partial charge in [-0.3, -0.25) is 24.7 Å². The number of anilines is 5. The third-order valence-electron chi connectivity index (χ3n) is 6.80. The number of aromatic nitrogens is 2. The van der Waals surface area contributed by atoms with Gasteiger partial charge < -0.3 is 16.0 Å². The largest absolute Gasteiger partial charge is 0.396 e. The van der Waals surface area contributed by atoms with Gasteiger partial charge in [-0.25, -0.2) is 19.2 Å². The molecule has 4 heterocycles. The molecule has 0 aliphatic carbocycles. The Morgan fingerprint density at radius 2 is 1.97 bits per heavy atom. The third-order valence-corrected chi connectivity index (χ3v) is 6.80. The minimum Gasteiger partial charge on any atom is -0.396 e. The van der Waals surface area contributed by atoms with Crippen LogP contribution in [0.3, 0.4) is 0 Å². The van der Waals surface area contributed by atoms with Crippen LogP contribution in [0.2, 0.25) is 0 Å². The molecular weight excluding hydrogens is 503 g/mol. The number of hydrogen-bond acceptors (Lipinski definition) is 8. The summed E-state index contributed by atoms with van der Waals surface area (Å²) in [5, 5.41) is 5.87. The molecule has 39 heavy (non-hydrogen) atoms. The van der Waals surface area contributed by atoms with E-state index >= 15 is 0 Å². The van der Waals surface area contributed by atoms with Crippen molar-refractivity contribution >= 4 is 46.9 Å². The minimum atomic E-state index is -0.452. The van der Waals surface area contributed by atoms with E-state index in [0.717, 1.165) is 12.1 Å². The highest BCUT2D eigenvalue weighted by Crippen LogP contribution is 2.30. The predicted octanol–water partition coefficient (Wildman–Crippen LogP) is 3.01. The van der Waals surface area contributed by atoms with Crippen LogP contribution in [0.5, 0.6) is 0 Å². The molecule has 0 atom stereocenters. The molecule has 12 heteroatoms. The topological polar surface area (TPSA) is 137 Å². The van der Waals surface area contributed by atoms with Crippen LogP contribution >= 0.6 is 0 Å². The fourth-order valence-electron chi connectivity index (χ4n) is 4.69. The minimum absolute atomic E-state index is 0.00334. The van der Waals surface area contributed by atoms with E-state index in [2.05, 4.69) is 20.6 Å². The highest BCUT2D eigenvalue weighted by molar-refractivity contribution is 6.02. The Bertz CT molecular complexity index is 1410. The molecule has 2 aliphatic heterocycles. The van der Waals surface area contributed by atoms with Crippen LogP contribution in [0.1, 0.15) is 28.0 Å². The number of nitrogen functional groups attached to an aromatic ring is 1. The van der Waals surface area contributed by atoms with Crippen molar-refractivity contribution in [3.8, 4) is 0 Å². The highest BCUT2D eigenvalue weighted by atomic mass is 19.1. The Morgan fingerprint density at radius 1 is 1.18 bits per heavy atom. The molecular formula is C27H29FN8O3. The molecule has 0 unspecified atom stereocenters. The smallest absolute Gasteiger partial charge is 0.328 e. The van der Waals surface area contributed by atoms with Gasteiger partial charge in [0.1, 0.15) is 23.1 Å². The van der Waals surface area contributed by atoms with E-state index in [9.17, 15) is 18.8 Å². The Kier molecular flexibility index (Phi) is 7.37. The van der Waals surface area contributed by atoms with Gasteiger partial charge in [0.05, 0.1) is 24.1 Å². The van der Waals surface area contributed by atoms with E-state index in [1.165, 1.54) is 23.2 Å². The normalized spacial score (nSPS) is 15.6. The van der Waals surface area contributed by atoms with Crippen LogP contribution in [0.15, 0.2) is 42.6 Å². The molecule has 5 rings (SSSR count). The predicted molar refractivity (Wildman–Crippen MR) is 146 cm³/mol. The number of likely N-dealkylation sites (N-methyl/N-ethyl adjacent to an activating group) is 1. The molecule has 0 radical (unpaired) electrons. The lowest BCUT2D eigenvalue weighted by molar-refractivity contribution is -0.136. The molecule has 2 aromatic heterocycles. The Morgan fingerprint density at radius 3 is 2.72 bits per heavy atom. The lowest BCUT2D eigenvalue weighted by atomic mass is 10.0. The van der Waals surface area contributed by atoms with Gasteiger partial charge in [0.25, 0.3) is 0 Å². The number of halogens is 1. The molecule has 11 nitrogen and oxygen atoms in total. The number of fused-ring (bicyclic) bond motifs is 1. The van der Waals surface area contributed by atoms with Crippen molar-refractivity contribution in [1.82, 2.24) is 19.8 Å². The number of hydrogen-bond donors (Lipinski definition) is 3. The number of piperazine rings is 1. The van der Waals surface area contributed by atoms with E-state index in [-0.39, 0.29) is 23.2 Å². The number of aldehydes is 1. The summed E-state index contributed by atoms with van der Waals surface area (Å²) < 4.78 is 13.2. The summed E-state index contributed by atoms with van der Waals surface area (Å²) in [5.41, 5.74) is 9.22. The Balaban J connectivity index is 1.34.